The van der Waals surface area contributed by atoms with Crippen LogP contribution in [-0.2, 0) is 4.79 Å². The highest BCUT2D eigenvalue weighted by atomic mass is 35.5. The molecule has 1 heterocycles. The van der Waals surface area contributed by atoms with E-state index < -0.39 is 0 Å². The fraction of sp³-hybridized carbons (Fsp3) is 0.200. The Kier molecular flexibility index (Phi) is 9.31. The highest BCUT2D eigenvalue weighted by molar-refractivity contribution is 7.99. The number of rotatable bonds is 9. The van der Waals surface area contributed by atoms with E-state index >= 15 is 0 Å². The summed E-state index contributed by atoms with van der Waals surface area (Å²) in [5.41, 5.74) is 7.47. The second-order valence-electron chi connectivity index (χ2n) is 7.37. The fourth-order valence-corrected chi connectivity index (χ4v) is 4.97. The number of carbonyl (C=O) groups is 1. The summed E-state index contributed by atoms with van der Waals surface area (Å²) in [6, 6.07) is 12.1. The van der Waals surface area contributed by atoms with E-state index in [1.54, 1.807) is 30.3 Å². The third-order valence-electron chi connectivity index (χ3n) is 5.08. The third-order valence-corrected chi connectivity index (χ3v) is 6.50. The normalized spacial score (nSPS) is 10.2. The van der Waals surface area contributed by atoms with Gasteiger partial charge in [-0.3, -0.25) is 4.79 Å². The van der Waals surface area contributed by atoms with Crippen LogP contribution in [0.2, 0.25) is 10.0 Å². The van der Waals surface area contributed by atoms with Gasteiger partial charge in [0.1, 0.15) is 28.5 Å². The van der Waals surface area contributed by atoms with Gasteiger partial charge in [0.05, 0.1) is 26.9 Å². The van der Waals surface area contributed by atoms with Crippen LogP contribution in [0, 0.1) is 22.7 Å². The average molecular weight is 558 g/mol. The van der Waals surface area contributed by atoms with Crippen LogP contribution in [0.25, 0.3) is 11.1 Å². The number of nitrogens with one attached hydrogen (secondary N) is 1. The van der Waals surface area contributed by atoms with Crippen LogP contribution in [0.1, 0.15) is 17.5 Å². The minimum Gasteiger partial charge on any atom is -0.493 e. The van der Waals surface area contributed by atoms with E-state index in [-0.39, 0.29) is 45.6 Å². The number of nitrogens with zero attached hydrogens (tertiary/aromatic N) is 3. The number of methoxy groups -OCH3 is 3. The lowest BCUT2D eigenvalue weighted by Crippen LogP contribution is -2.12. The Labute approximate surface area is 228 Å². The molecule has 1 aromatic heterocycles. The van der Waals surface area contributed by atoms with Crippen molar-refractivity contribution in [2.75, 3.05) is 38.1 Å². The van der Waals surface area contributed by atoms with Crippen molar-refractivity contribution in [3.8, 4) is 40.5 Å². The summed E-state index contributed by atoms with van der Waals surface area (Å²) >= 11 is 13.1. The molecule has 0 aliphatic carbocycles. The molecular weight excluding hydrogens is 537 g/mol. The number of halogens is 2. The molecule has 0 spiro atoms. The summed E-state index contributed by atoms with van der Waals surface area (Å²) in [6.45, 7) is 0. The van der Waals surface area contributed by atoms with Gasteiger partial charge in [0.25, 0.3) is 0 Å². The number of hydrogen-bond acceptors (Lipinski definition) is 9. The summed E-state index contributed by atoms with van der Waals surface area (Å²) in [6.07, 6.45) is 0.0980. The second-order valence-corrected chi connectivity index (χ2v) is 9.33. The maximum Gasteiger partial charge on any atom is 0.225 e. The number of nitriles is 2. The number of hydrogen-bond donors (Lipinski definition) is 2. The number of benzene rings is 2. The molecule has 190 valence electrons. The molecule has 37 heavy (non-hydrogen) atoms. The Balaban J connectivity index is 1.94. The highest BCUT2D eigenvalue weighted by Gasteiger charge is 2.23. The molecule has 1 amide bonds. The number of aromatic nitrogens is 1. The number of thioether (sulfide) groups is 1. The molecule has 0 saturated heterocycles. The molecule has 0 atom stereocenters. The average Bonchev–Trinajstić information content (AvgIpc) is 2.86. The second kappa shape index (κ2) is 12.4. The van der Waals surface area contributed by atoms with Crippen molar-refractivity contribution < 1.29 is 19.0 Å². The van der Waals surface area contributed by atoms with Crippen LogP contribution in [0.4, 0.5) is 11.5 Å². The third kappa shape index (κ3) is 6.30. The fourth-order valence-electron chi connectivity index (χ4n) is 3.51. The van der Waals surface area contributed by atoms with Gasteiger partial charge in [0.2, 0.25) is 11.7 Å². The van der Waals surface area contributed by atoms with Crippen molar-refractivity contribution >= 4 is 52.4 Å². The molecule has 9 nitrogen and oxygen atoms in total. The van der Waals surface area contributed by atoms with Crippen molar-refractivity contribution in [2.24, 2.45) is 0 Å². The SMILES string of the molecule is COc1cc(-c2c(C#N)c(N)nc(SCCC(=O)Nc3cc(Cl)cc(Cl)c3)c2C#N)cc(OC)c1OC. The van der Waals surface area contributed by atoms with Crippen molar-refractivity contribution in [2.45, 2.75) is 11.4 Å². The van der Waals surface area contributed by atoms with E-state index in [0.29, 0.717) is 38.5 Å². The molecule has 2 aromatic carbocycles. The van der Waals surface area contributed by atoms with E-state index in [9.17, 15) is 15.3 Å². The molecular formula is C25H21Cl2N5O4S. The summed E-state index contributed by atoms with van der Waals surface area (Å²) < 4.78 is 16.2. The van der Waals surface area contributed by atoms with Gasteiger partial charge in [-0.1, -0.05) is 23.2 Å². The zero-order valence-corrected chi connectivity index (χ0v) is 22.3. The molecule has 3 aromatic rings. The lowest BCUT2D eigenvalue weighted by molar-refractivity contribution is -0.115. The Morgan fingerprint density at radius 1 is 1.00 bits per heavy atom. The van der Waals surface area contributed by atoms with E-state index in [4.69, 9.17) is 43.1 Å². The van der Waals surface area contributed by atoms with Crippen LogP contribution < -0.4 is 25.3 Å². The van der Waals surface area contributed by atoms with Crippen LogP contribution in [0.5, 0.6) is 17.2 Å². The monoisotopic (exact) mass is 557 g/mol. The predicted molar refractivity (Wildman–Crippen MR) is 144 cm³/mol. The summed E-state index contributed by atoms with van der Waals surface area (Å²) in [5.74, 6) is 0.983. The molecule has 0 aliphatic rings. The molecule has 0 unspecified atom stereocenters. The molecule has 0 saturated carbocycles. The number of nitrogen functional groups attached to an aromatic ring is 1. The Bertz CT molecular complexity index is 1390. The van der Waals surface area contributed by atoms with Crippen molar-refractivity contribution in [1.29, 1.82) is 10.5 Å². The predicted octanol–water partition coefficient (Wildman–Crippen LogP) is 5.53. The van der Waals surface area contributed by atoms with Crippen molar-refractivity contribution in [1.82, 2.24) is 4.98 Å². The van der Waals surface area contributed by atoms with Gasteiger partial charge in [-0.2, -0.15) is 10.5 Å². The first kappa shape index (κ1) is 27.8. The standard InChI is InChI=1S/C25H21Cl2N5O4S/c1-34-19-6-13(7-20(35-2)23(19)36-3)22-17(11-28)24(30)32-25(18(22)12-29)37-5-4-21(33)31-16-9-14(26)8-15(27)10-16/h6-10H,4-5H2,1-3H3,(H2,30,32)(H,31,33). The van der Waals surface area contributed by atoms with Gasteiger partial charge < -0.3 is 25.3 Å². The molecule has 12 heteroatoms. The van der Waals surface area contributed by atoms with Gasteiger partial charge in [-0.15, -0.1) is 11.8 Å². The van der Waals surface area contributed by atoms with Crippen LogP contribution >= 0.6 is 35.0 Å². The number of anilines is 2. The number of pyridine rings is 1. The van der Waals surface area contributed by atoms with E-state index in [2.05, 4.69) is 16.4 Å². The van der Waals surface area contributed by atoms with Gasteiger partial charge in [0.15, 0.2) is 11.5 Å². The minimum atomic E-state index is -0.282. The Hall–Kier alpha value is -3.83. The van der Waals surface area contributed by atoms with Gasteiger partial charge in [-0.25, -0.2) is 4.98 Å². The Morgan fingerprint density at radius 3 is 2.11 bits per heavy atom. The van der Waals surface area contributed by atoms with E-state index in [1.165, 1.54) is 21.3 Å². The first-order valence-electron chi connectivity index (χ1n) is 10.6. The molecule has 0 fully saturated rings. The zero-order valence-electron chi connectivity index (χ0n) is 20.0. The largest absolute Gasteiger partial charge is 0.493 e. The van der Waals surface area contributed by atoms with Gasteiger partial charge in [-0.05, 0) is 35.9 Å². The highest BCUT2D eigenvalue weighted by Crippen LogP contribution is 2.44. The summed E-state index contributed by atoms with van der Waals surface area (Å²) in [4.78, 5) is 16.7. The van der Waals surface area contributed by atoms with Crippen molar-refractivity contribution in [3.05, 3.63) is 51.5 Å². The summed E-state index contributed by atoms with van der Waals surface area (Å²) in [7, 11) is 4.39. The number of nitrogens with two attached hydrogens (primary N) is 1. The van der Waals surface area contributed by atoms with E-state index in [0.717, 1.165) is 11.8 Å². The van der Waals surface area contributed by atoms with Crippen molar-refractivity contribution in [3.63, 3.8) is 0 Å². The Morgan fingerprint density at radius 2 is 1.59 bits per heavy atom. The van der Waals surface area contributed by atoms with Crippen LogP contribution in [0.15, 0.2) is 35.4 Å². The maximum absolute atomic E-state index is 12.4. The number of carbonyl (C=O) groups excluding carboxylic acids is 1. The first-order chi connectivity index (χ1) is 17.8. The molecule has 0 bridgehead atoms. The molecule has 0 aliphatic heterocycles. The van der Waals surface area contributed by atoms with E-state index in [1.807, 2.05) is 6.07 Å². The number of ether oxygens (including phenoxy) is 3. The minimum absolute atomic E-state index is 0.0331. The zero-order chi connectivity index (χ0) is 27.1. The quantitative estimate of drug-likeness (QED) is 0.324. The maximum atomic E-state index is 12.4. The molecule has 0 radical (unpaired) electrons. The van der Waals surface area contributed by atoms with Crippen LogP contribution in [0.3, 0.4) is 0 Å². The number of amides is 1. The lowest BCUT2D eigenvalue weighted by atomic mass is 9.96. The smallest absolute Gasteiger partial charge is 0.225 e. The van der Waals surface area contributed by atoms with Gasteiger partial charge >= 0.3 is 0 Å². The molecule has 3 rings (SSSR count). The summed E-state index contributed by atoms with van der Waals surface area (Å²) in [5, 5.41) is 23.6. The van der Waals surface area contributed by atoms with Crippen LogP contribution in [-0.4, -0.2) is 38.0 Å². The molecule has 3 N–H and O–H groups in total. The first-order valence-corrected chi connectivity index (χ1v) is 12.3. The topological polar surface area (TPSA) is 143 Å². The van der Waals surface area contributed by atoms with Gasteiger partial charge in [0, 0.05) is 33.5 Å². The lowest BCUT2D eigenvalue weighted by Gasteiger charge is -2.17.